The first-order valence-corrected chi connectivity index (χ1v) is 13.9. The lowest BCUT2D eigenvalue weighted by atomic mass is 9.50. The van der Waals surface area contributed by atoms with E-state index in [1.807, 2.05) is 25.1 Å². The Morgan fingerprint density at radius 1 is 1.13 bits per heavy atom. The number of fused-ring (bicyclic) bond motifs is 3. The first-order chi connectivity index (χ1) is 18.8. The van der Waals surface area contributed by atoms with Gasteiger partial charge in [-0.1, -0.05) is 26.0 Å². The van der Waals surface area contributed by atoms with Crippen LogP contribution >= 0.6 is 0 Å². The second-order valence-electron chi connectivity index (χ2n) is 11.8. The van der Waals surface area contributed by atoms with E-state index in [1.165, 1.54) is 6.07 Å². The monoisotopic (exact) mass is 524 g/mol. The lowest BCUT2D eigenvalue weighted by Crippen LogP contribution is -2.51. The molecule has 1 fully saturated rings. The maximum atomic E-state index is 15.2. The summed E-state index contributed by atoms with van der Waals surface area (Å²) in [6.45, 7) is 4.15. The van der Waals surface area contributed by atoms with Crippen molar-refractivity contribution in [3.8, 4) is 28.7 Å². The number of hydrogen-bond donors (Lipinski definition) is 2. The first-order valence-electron chi connectivity index (χ1n) is 13.9. The molecule has 1 aromatic carbocycles. The van der Waals surface area contributed by atoms with Gasteiger partial charge in [-0.25, -0.2) is 14.4 Å². The quantitative estimate of drug-likeness (QED) is 0.379. The summed E-state index contributed by atoms with van der Waals surface area (Å²) in [4.78, 5) is 14.7. The Hall–Kier alpha value is -3.63. The van der Waals surface area contributed by atoms with Crippen molar-refractivity contribution in [3.63, 3.8) is 0 Å². The topological polar surface area (TPSA) is 103 Å². The van der Waals surface area contributed by atoms with E-state index >= 15 is 4.39 Å². The molecule has 3 atom stereocenters. The number of nitrogens with zero attached hydrogens (tertiary/aromatic N) is 4. The van der Waals surface area contributed by atoms with E-state index in [-0.39, 0.29) is 24.1 Å². The molecule has 6 rings (SSSR count). The molecule has 0 saturated heterocycles. The van der Waals surface area contributed by atoms with Crippen LogP contribution in [-0.2, 0) is 11.8 Å². The van der Waals surface area contributed by atoms with Gasteiger partial charge in [0.2, 0.25) is 0 Å². The predicted molar refractivity (Wildman–Crippen MR) is 146 cm³/mol. The molecule has 200 valence electrons. The molecule has 0 radical (unpaired) electrons. The largest absolute Gasteiger partial charge is 0.511 e. The lowest BCUT2D eigenvalue weighted by molar-refractivity contribution is 0.0366. The van der Waals surface area contributed by atoms with Crippen molar-refractivity contribution < 1.29 is 14.6 Å². The van der Waals surface area contributed by atoms with Crippen LogP contribution in [0.15, 0.2) is 53.9 Å². The van der Waals surface area contributed by atoms with Crippen LogP contribution < -0.4 is 0 Å². The normalized spacial score (nSPS) is 26.1. The van der Waals surface area contributed by atoms with Crippen LogP contribution in [0.2, 0.25) is 0 Å². The summed E-state index contributed by atoms with van der Waals surface area (Å²) >= 11 is 0. The zero-order valence-corrected chi connectivity index (χ0v) is 22.4. The number of aliphatic hydroxyl groups is 2. The third-order valence-corrected chi connectivity index (χ3v) is 9.29. The van der Waals surface area contributed by atoms with Crippen LogP contribution in [0.3, 0.4) is 0 Å². The minimum absolute atomic E-state index is 0.0138. The van der Waals surface area contributed by atoms with Gasteiger partial charge >= 0.3 is 0 Å². The Morgan fingerprint density at radius 2 is 1.92 bits per heavy atom. The molecule has 3 aromatic rings. The molecule has 3 aliphatic carbocycles. The van der Waals surface area contributed by atoms with Gasteiger partial charge in [0.05, 0.1) is 23.0 Å². The van der Waals surface area contributed by atoms with Gasteiger partial charge in [-0.3, -0.25) is 4.98 Å². The number of aromatic nitrogens is 3. The average Bonchev–Trinajstić information content (AvgIpc) is 3.80. The molecule has 39 heavy (non-hydrogen) atoms. The van der Waals surface area contributed by atoms with E-state index in [9.17, 15) is 15.5 Å². The molecule has 0 bridgehead atoms. The highest BCUT2D eigenvalue weighted by Crippen LogP contribution is 2.60. The number of pyridine rings is 1. The van der Waals surface area contributed by atoms with Gasteiger partial charge in [0.15, 0.2) is 5.82 Å². The van der Waals surface area contributed by atoms with E-state index in [2.05, 4.69) is 18.0 Å². The van der Waals surface area contributed by atoms with Crippen LogP contribution in [-0.4, -0.2) is 31.8 Å². The summed E-state index contributed by atoms with van der Waals surface area (Å²) in [5, 5.41) is 31.0. The highest BCUT2D eigenvalue weighted by molar-refractivity contribution is 5.70. The van der Waals surface area contributed by atoms with Crippen LogP contribution in [0.25, 0.3) is 22.6 Å². The summed E-state index contributed by atoms with van der Waals surface area (Å²) < 4.78 is 15.2. The van der Waals surface area contributed by atoms with E-state index in [4.69, 9.17) is 9.97 Å². The number of halogens is 1. The minimum Gasteiger partial charge on any atom is -0.511 e. The number of rotatable bonds is 6. The summed E-state index contributed by atoms with van der Waals surface area (Å²) in [5.41, 5.74) is 3.71. The summed E-state index contributed by atoms with van der Waals surface area (Å²) in [5.74, 6) is 0.768. The Labute approximate surface area is 228 Å². The molecule has 0 aliphatic heterocycles. The molecule has 1 saturated carbocycles. The van der Waals surface area contributed by atoms with Crippen molar-refractivity contribution in [2.24, 2.45) is 11.3 Å². The Bertz CT molecular complexity index is 1520. The number of aliphatic hydroxyl groups excluding tert-OH is 2. The van der Waals surface area contributed by atoms with Crippen molar-refractivity contribution in [3.05, 3.63) is 76.7 Å². The van der Waals surface area contributed by atoms with Gasteiger partial charge in [-0.2, -0.15) is 5.26 Å². The highest BCUT2D eigenvalue weighted by atomic mass is 19.1. The molecule has 2 aromatic heterocycles. The third-order valence-electron chi connectivity index (χ3n) is 9.29. The van der Waals surface area contributed by atoms with Crippen LogP contribution in [0.4, 0.5) is 4.39 Å². The highest BCUT2D eigenvalue weighted by Gasteiger charge is 2.56. The fourth-order valence-corrected chi connectivity index (χ4v) is 7.18. The Kier molecular flexibility index (Phi) is 6.27. The second kappa shape index (κ2) is 9.53. The van der Waals surface area contributed by atoms with Crippen molar-refractivity contribution in [1.29, 1.82) is 5.26 Å². The number of allylic oxidation sites excluding steroid dienone is 2. The smallest absolute Gasteiger partial charge is 0.160 e. The van der Waals surface area contributed by atoms with Crippen molar-refractivity contribution in [2.75, 3.05) is 6.61 Å². The van der Waals surface area contributed by atoms with Crippen molar-refractivity contribution >= 4 is 0 Å². The van der Waals surface area contributed by atoms with Gasteiger partial charge < -0.3 is 10.2 Å². The molecule has 3 aliphatic rings. The summed E-state index contributed by atoms with van der Waals surface area (Å²) in [6, 6.07) is 12.9. The maximum Gasteiger partial charge on any atom is 0.160 e. The van der Waals surface area contributed by atoms with Gasteiger partial charge in [0, 0.05) is 51.9 Å². The van der Waals surface area contributed by atoms with E-state index in [0.717, 1.165) is 41.8 Å². The first kappa shape index (κ1) is 25.6. The Balaban J connectivity index is 1.59. The molecular formula is C32H33FN4O2. The van der Waals surface area contributed by atoms with Crippen LogP contribution in [0.1, 0.15) is 75.2 Å². The molecule has 7 heteroatoms. The number of benzene rings is 1. The standard InChI is InChI=1S/C32H33FN4O2/c1-31(13-5-15-38)26-11-10-23-27(22-6-3-4-7-24(22)33)36-30(20-12-14-35-25(16-20)19-8-9-19)37-28(23)32(26,2)17-21(18-34)29(31)39/h3-4,6-7,12,14,16,19,26,38-39H,5,8-11,13,15,17H2,1-2H3/t26-,31-,32-/m1/s1. The molecule has 6 nitrogen and oxygen atoms in total. The fourth-order valence-electron chi connectivity index (χ4n) is 7.18. The zero-order chi connectivity index (χ0) is 27.4. The van der Waals surface area contributed by atoms with Crippen LogP contribution in [0, 0.1) is 28.5 Å². The second-order valence-corrected chi connectivity index (χ2v) is 11.8. The lowest BCUT2D eigenvalue weighted by Gasteiger charge is -2.54. The summed E-state index contributed by atoms with van der Waals surface area (Å²) in [7, 11) is 0. The minimum atomic E-state index is -0.683. The third kappa shape index (κ3) is 4.13. The molecular weight excluding hydrogens is 491 g/mol. The zero-order valence-electron chi connectivity index (χ0n) is 22.4. The number of nitriles is 1. The van der Waals surface area contributed by atoms with Gasteiger partial charge in [-0.05, 0) is 75.1 Å². The van der Waals surface area contributed by atoms with Gasteiger partial charge in [-0.15, -0.1) is 0 Å². The molecule has 2 N–H and O–H groups in total. The van der Waals surface area contributed by atoms with E-state index < -0.39 is 10.8 Å². The molecule has 0 amide bonds. The predicted octanol–water partition coefficient (Wildman–Crippen LogP) is 6.56. The molecule has 2 heterocycles. The van der Waals surface area contributed by atoms with Crippen molar-refractivity contribution in [2.45, 2.75) is 70.1 Å². The van der Waals surface area contributed by atoms with Gasteiger partial charge in [0.1, 0.15) is 11.6 Å². The van der Waals surface area contributed by atoms with E-state index in [0.29, 0.717) is 54.3 Å². The molecule has 0 spiro atoms. The Morgan fingerprint density at radius 3 is 2.64 bits per heavy atom. The number of hydrogen-bond acceptors (Lipinski definition) is 6. The SMILES string of the molecule is C[C@]1(CCCO)C(O)=C(C#N)C[C@@]2(C)c3nc(-c4ccnc(C5CC5)c4)nc(-c4ccccc4F)c3CC[C@H]12. The maximum absolute atomic E-state index is 15.2. The summed E-state index contributed by atoms with van der Waals surface area (Å²) in [6.07, 6.45) is 6.84. The van der Waals surface area contributed by atoms with E-state index in [1.54, 1.807) is 18.3 Å². The van der Waals surface area contributed by atoms with Gasteiger partial charge in [0.25, 0.3) is 0 Å². The van der Waals surface area contributed by atoms with Crippen LogP contribution in [0.5, 0.6) is 0 Å². The fraction of sp³-hybridized carbons (Fsp3) is 0.438. The molecule has 0 unspecified atom stereocenters. The average molecular weight is 525 g/mol. The van der Waals surface area contributed by atoms with Crippen molar-refractivity contribution in [1.82, 2.24) is 15.0 Å².